The fraction of sp³-hybridized carbons (Fsp3) is 0.278. The molecule has 0 heterocycles. The summed E-state index contributed by atoms with van der Waals surface area (Å²) in [5.41, 5.74) is 2.22. The molecular weight excluding hydrogens is 333 g/mol. The number of benzene rings is 2. The van der Waals surface area contributed by atoms with Gasteiger partial charge in [-0.3, -0.25) is 4.79 Å². The number of nitrogens with one attached hydrogen (secondary N) is 1. The largest absolute Gasteiger partial charge is 0.479 e. The molecule has 0 saturated carbocycles. The van der Waals surface area contributed by atoms with Crippen LogP contribution in [0, 0.1) is 6.92 Å². The Kier molecular flexibility index (Phi) is 6.31. The molecule has 0 radical (unpaired) electrons. The minimum atomic E-state index is -0.599. The summed E-state index contributed by atoms with van der Waals surface area (Å²) in [5.74, 6) is 0.288. The van der Waals surface area contributed by atoms with Crippen molar-refractivity contribution in [1.29, 1.82) is 0 Å². The van der Waals surface area contributed by atoms with Crippen molar-refractivity contribution < 1.29 is 9.53 Å². The second-order valence-electron chi connectivity index (χ2n) is 5.23. The second kappa shape index (κ2) is 8.23. The van der Waals surface area contributed by atoms with Crippen LogP contribution in [0.25, 0.3) is 0 Å². The zero-order valence-electron chi connectivity index (χ0n) is 13.1. The quantitative estimate of drug-likeness (QED) is 0.813. The van der Waals surface area contributed by atoms with Gasteiger partial charge >= 0.3 is 0 Å². The van der Waals surface area contributed by atoms with E-state index in [1.807, 2.05) is 38.1 Å². The highest BCUT2D eigenvalue weighted by atomic mass is 35.5. The summed E-state index contributed by atoms with van der Waals surface area (Å²) < 4.78 is 5.73. The number of carbonyl (C=O) groups excluding carboxylic acids is 1. The molecule has 0 aliphatic rings. The first-order chi connectivity index (χ1) is 11.0. The van der Waals surface area contributed by atoms with E-state index in [0.29, 0.717) is 28.8 Å². The summed E-state index contributed by atoms with van der Waals surface area (Å²) in [5, 5.41) is 3.83. The van der Waals surface area contributed by atoms with Crippen LogP contribution in [-0.2, 0) is 11.3 Å². The van der Waals surface area contributed by atoms with E-state index >= 15 is 0 Å². The summed E-state index contributed by atoms with van der Waals surface area (Å²) in [6.07, 6.45) is -0.0591. The molecule has 0 bridgehead atoms. The van der Waals surface area contributed by atoms with Gasteiger partial charge in [0, 0.05) is 11.6 Å². The Bertz CT molecular complexity index is 688. The van der Waals surface area contributed by atoms with Gasteiger partial charge in [0.25, 0.3) is 5.91 Å². The average Bonchev–Trinajstić information content (AvgIpc) is 2.53. The number of ether oxygens (including phenoxy) is 1. The monoisotopic (exact) mass is 351 g/mol. The van der Waals surface area contributed by atoms with Gasteiger partial charge in [0.1, 0.15) is 5.75 Å². The van der Waals surface area contributed by atoms with Crippen molar-refractivity contribution in [2.75, 3.05) is 0 Å². The van der Waals surface area contributed by atoms with E-state index < -0.39 is 6.10 Å². The van der Waals surface area contributed by atoms with Crippen LogP contribution in [-0.4, -0.2) is 12.0 Å². The molecule has 23 heavy (non-hydrogen) atoms. The van der Waals surface area contributed by atoms with Crippen molar-refractivity contribution >= 4 is 29.1 Å². The summed E-state index contributed by atoms with van der Waals surface area (Å²) in [4.78, 5) is 12.3. The summed E-state index contributed by atoms with van der Waals surface area (Å²) in [7, 11) is 0. The predicted molar refractivity (Wildman–Crippen MR) is 94.2 cm³/mol. The molecule has 0 saturated heterocycles. The number of hydrogen-bond donors (Lipinski definition) is 1. The van der Waals surface area contributed by atoms with E-state index in [1.165, 1.54) is 0 Å². The number of carbonyl (C=O) groups is 1. The SMILES string of the molecule is CCC(Oc1ccc(Cl)cc1Cl)C(=O)NCc1ccccc1C. The molecule has 1 amide bonds. The normalized spacial score (nSPS) is 11.8. The highest BCUT2D eigenvalue weighted by molar-refractivity contribution is 6.35. The fourth-order valence-electron chi connectivity index (χ4n) is 2.15. The van der Waals surface area contributed by atoms with E-state index in [2.05, 4.69) is 5.32 Å². The lowest BCUT2D eigenvalue weighted by Crippen LogP contribution is -2.37. The Labute approximate surface area is 146 Å². The molecule has 2 aromatic carbocycles. The first-order valence-electron chi connectivity index (χ1n) is 7.45. The van der Waals surface area contributed by atoms with Gasteiger partial charge in [0.05, 0.1) is 5.02 Å². The van der Waals surface area contributed by atoms with E-state index in [0.717, 1.165) is 11.1 Å². The Hall–Kier alpha value is -1.71. The van der Waals surface area contributed by atoms with Crippen molar-refractivity contribution in [3.05, 3.63) is 63.6 Å². The number of hydrogen-bond acceptors (Lipinski definition) is 2. The Morgan fingerprint density at radius 2 is 1.96 bits per heavy atom. The zero-order chi connectivity index (χ0) is 16.8. The molecule has 2 rings (SSSR count). The highest BCUT2D eigenvalue weighted by Gasteiger charge is 2.19. The molecule has 1 unspecified atom stereocenters. The van der Waals surface area contributed by atoms with Crippen LogP contribution in [0.3, 0.4) is 0 Å². The molecule has 122 valence electrons. The Morgan fingerprint density at radius 3 is 2.61 bits per heavy atom. The number of rotatable bonds is 6. The number of halogens is 2. The zero-order valence-corrected chi connectivity index (χ0v) is 14.6. The molecule has 3 nitrogen and oxygen atoms in total. The lowest BCUT2D eigenvalue weighted by Gasteiger charge is -2.18. The fourth-order valence-corrected chi connectivity index (χ4v) is 2.60. The second-order valence-corrected chi connectivity index (χ2v) is 6.08. The van der Waals surface area contributed by atoms with Gasteiger partial charge in [-0.1, -0.05) is 54.4 Å². The average molecular weight is 352 g/mol. The van der Waals surface area contributed by atoms with Crippen LogP contribution in [0.4, 0.5) is 0 Å². The van der Waals surface area contributed by atoms with Gasteiger partial charge in [-0.2, -0.15) is 0 Å². The van der Waals surface area contributed by atoms with Gasteiger partial charge in [-0.05, 0) is 42.7 Å². The van der Waals surface area contributed by atoms with Crippen LogP contribution in [0.2, 0.25) is 10.0 Å². The third-order valence-electron chi connectivity index (χ3n) is 3.54. The molecule has 0 fully saturated rings. The molecule has 1 N–H and O–H groups in total. The third kappa shape index (κ3) is 4.88. The maximum absolute atomic E-state index is 12.3. The summed E-state index contributed by atoms with van der Waals surface area (Å²) in [6, 6.07) is 12.9. The highest BCUT2D eigenvalue weighted by Crippen LogP contribution is 2.28. The lowest BCUT2D eigenvalue weighted by molar-refractivity contribution is -0.128. The standard InChI is InChI=1S/C18H19Cl2NO2/c1-3-16(23-17-9-8-14(19)10-15(17)20)18(22)21-11-13-7-5-4-6-12(13)2/h4-10,16H,3,11H2,1-2H3,(H,21,22). The van der Waals surface area contributed by atoms with Gasteiger partial charge in [-0.15, -0.1) is 0 Å². The van der Waals surface area contributed by atoms with E-state index in [1.54, 1.807) is 18.2 Å². The van der Waals surface area contributed by atoms with Crippen molar-refractivity contribution in [3.8, 4) is 5.75 Å². The minimum absolute atomic E-state index is 0.165. The van der Waals surface area contributed by atoms with E-state index in [4.69, 9.17) is 27.9 Å². The Balaban J connectivity index is 2.00. The van der Waals surface area contributed by atoms with Crippen LogP contribution < -0.4 is 10.1 Å². The van der Waals surface area contributed by atoms with Crippen LogP contribution >= 0.6 is 23.2 Å². The summed E-state index contributed by atoms with van der Waals surface area (Å²) >= 11 is 12.0. The number of aryl methyl sites for hydroxylation is 1. The Morgan fingerprint density at radius 1 is 1.22 bits per heavy atom. The molecule has 0 spiro atoms. The van der Waals surface area contributed by atoms with Crippen LogP contribution in [0.5, 0.6) is 5.75 Å². The molecule has 0 aliphatic carbocycles. The smallest absolute Gasteiger partial charge is 0.261 e. The molecule has 5 heteroatoms. The van der Waals surface area contributed by atoms with Gasteiger partial charge in [0.2, 0.25) is 0 Å². The number of amides is 1. The molecule has 0 aromatic heterocycles. The molecular formula is C18H19Cl2NO2. The van der Waals surface area contributed by atoms with Crippen LogP contribution in [0.15, 0.2) is 42.5 Å². The van der Waals surface area contributed by atoms with Crippen molar-refractivity contribution in [1.82, 2.24) is 5.32 Å². The van der Waals surface area contributed by atoms with E-state index in [-0.39, 0.29) is 5.91 Å². The first-order valence-corrected chi connectivity index (χ1v) is 8.20. The molecule has 2 aromatic rings. The predicted octanol–water partition coefficient (Wildman–Crippen LogP) is 4.78. The maximum Gasteiger partial charge on any atom is 0.261 e. The van der Waals surface area contributed by atoms with Gasteiger partial charge < -0.3 is 10.1 Å². The molecule has 0 aliphatic heterocycles. The van der Waals surface area contributed by atoms with Crippen molar-refractivity contribution in [2.45, 2.75) is 32.9 Å². The summed E-state index contributed by atoms with van der Waals surface area (Å²) in [6.45, 7) is 4.38. The maximum atomic E-state index is 12.3. The van der Waals surface area contributed by atoms with Gasteiger partial charge in [0.15, 0.2) is 6.10 Å². The topological polar surface area (TPSA) is 38.3 Å². The molecule has 1 atom stereocenters. The first kappa shape index (κ1) is 17.6. The van der Waals surface area contributed by atoms with Crippen molar-refractivity contribution in [2.24, 2.45) is 0 Å². The lowest BCUT2D eigenvalue weighted by atomic mass is 10.1. The minimum Gasteiger partial charge on any atom is -0.479 e. The third-order valence-corrected chi connectivity index (χ3v) is 4.07. The van der Waals surface area contributed by atoms with E-state index in [9.17, 15) is 4.79 Å². The van der Waals surface area contributed by atoms with Crippen LogP contribution in [0.1, 0.15) is 24.5 Å². The van der Waals surface area contributed by atoms with Gasteiger partial charge in [-0.25, -0.2) is 0 Å². The van der Waals surface area contributed by atoms with Crippen molar-refractivity contribution in [3.63, 3.8) is 0 Å².